The summed E-state index contributed by atoms with van der Waals surface area (Å²) in [5.41, 5.74) is -1.15. The third-order valence-corrected chi connectivity index (χ3v) is 6.59. The summed E-state index contributed by atoms with van der Waals surface area (Å²) in [5.74, 6) is -2.75. The smallest absolute Gasteiger partial charge is 0.338 e. The number of rotatable bonds is 8. The van der Waals surface area contributed by atoms with Gasteiger partial charge in [0.25, 0.3) is 5.56 Å². The van der Waals surface area contributed by atoms with Gasteiger partial charge in [-0.3, -0.25) is 24.4 Å². The molecule has 0 unspecified atom stereocenters. The van der Waals surface area contributed by atoms with Gasteiger partial charge >= 0.3 is 11.7 Å². The van der Waals surface area contributed by atoms with Crippen molar-refractivity contribution in [1.82, 2.24) is 15.3 Å². The molecule has 3 aromatic rings. The van der Waals surface area contributed by atoms with Gasteiger partial charge in [0.05, 0.1) is 12.2 Å². The average molecular weight is 556 g/mol. The number of nitrogens with zero attached hydrogens (tertiary/aromatic N) is 1. The van der Waals surface area contributed by atoms with Crippen LogP contribution < -0.4 is 21.9 Å². The number of H-pyrrole nitrogens is 2. The molecule has 2 amide bonds. The van der Waals surface area contributed by atoms with Crippen LogP contribution in [-0.2, 0) is 14.3 Å². The van der Waals surface area contributed by atoms with Crippen LogP contribution in [0.5, 0.6) is 5.88 Å². The molecule has 1 saturated heterocycles. The van der Waals surface area contributed by atoms with Crippen LogP contribution in [0.4, 0.5) is 10.1 Å². The monoisotopic (exact) mass is 555 g/mol. The van der Waals surface area contributed by atoms with Crippen molar-refractivity contribution in [2.24, 2.45) is 4.99 Å². The molecule has 4 rings (SSSR count). The molecule has 1 fully saturated rings. The van der Waals surface area contributed by atoms with E-state index in [1.54, 1.807) is 6.92 Å². The standard InChI is InChI=1S/C25H22FN5O7S/c1-2-38-23(36)13-5-9-15(10-6-13)27-17(32)11-16-20(33)31-25(39-16)28-19(12-3-7-14(26)8-4-12)18-21(34)29-24(37)30-22(18)35/h3-10,16,19H,2,11H2,1H3,(H,27,32)(H,28,31,33)(H3,29,30,34,35,37)/t16-,19+/m0/s1. The minimum absolute atomic E-state index is 0.0518. The molecule has 14 heteroatoms. The van der Waals surface area contributed by atoms with E-state index in [9.17, 15) is 33.5 Å². The highest BCUT2D eigenvalue weighted by Gasteiger charge is 2.34. The molecular weight excluding hydrogens is 533 g/mol. The Balaban J connectivity index is 1.51. The van der Waals surface area contributed by atoms with Crippen molar-refractivity contribution >= 4 is 40.4 Å². The summed E-state index contributed by atoms with van der Waals surface area (Å²) in [6, 6.07) is 9.78. The number of aliphatic imine (C=N–C) groups is 1. The minimum Gasteiger partial charge on any atom is -0.494 e. The topological polar surface area (TPSA) is 183 Å². The van der Waals surface area contributed by atoms with Crippen molar-refractivity contribution in [3.05, 3.63) is 91.9 Å². The second kappa shape index (κ2) is 11.8. The van der Waals surface area contributed by atoms with Crippen LogP contribution in [0.15, 0.2) is 63.1 Å². The van der Waals surface area contributed by atoms with Crippen molar-refractivity contribution < 1.29 is 28.6 Å². The van der Waals surface area contributed by atoms with Gasteiger partial charge < -0.3 is 20.5 Å². The van der Waals surface area contributed by atoms with Gasteiger partial charge in [-0.2, -0.15) is 0 Å². The van der Waals surface area contributed by atoms with E-state index in [1.807, 2.05) is 4.98 Å². The molecule has 0 bridgehead atoms. The number of hydrogen-bond acceptors (Lipinski definition) is 9. The number of ether oxygens (including phenoxy) is 1. The Labute approximate surface area is 223 Å². The Morgan fingerprint density at radius 1 is 1.10 bits per heavy atom. The van der Waals surface area contributed by atoms with Gasteiger partial charge in [-0.1, -0.05) is 23.9 Å². The number of aromatic hydroxyl groups is 1. The van der Waals surface area contributed by atoms with E-state index >= 15 is 0 Å². The molecule has 0 aliphatic carbocycles. The van der Waals surface area contributed by atoms with Gasteiger partial charge in [0, 0.05) is 12.1 Å². The maximum Gasteiger partial charge on any atom is 0.338 e. The first-order valence-electron chi connectivity index (χ1n) is 11.6. The Kier molecular flexibility index (Phi) is 8.24. The van der Waals surface area contributed by atoms with Gasteiger partial charge in [0.15, 0.2) is 5.17 Å². The molecule has 0 spiro atoms. The number of halogens is 1. The van der Waals surface area contributed by atoms with Crippen LogP contribution in [0.3, 0.4) is 0 Å². The molecule has 1 aliphatic rings. The first-order chi connectivity index (χ1) is 18.6. The number of aromatic nitrogens is 2. The van der Waals surface area contributed by atoms with E-state index in [0.29, 0.717) is 16.8 Å². The summed E-state index contributed by atoms with van der Waals surface area (Å²) >= 11 is 0.933. The van der Waals surface area contributed by atoms with E-state index in [1.165, 1.54) is 36.4 Å². The summed E-state index contributed by atoms with van der Waals surface area (Å²) in [7, 11) is 0. The van der Waals surface area contributed by atoms with Crippen molar-refractivity contribution in [3.63, 3.8) is 0 Å². The number of amidine groups is 1. The van der Waals surface area contributed by atoms with Crippen LogP contribution >= 0.6 is 11.8 Å². The summed E-state index contributed by atoms with van der Waals surface area (Å²) in [6.07, 6.45) is -0.221. The zero-order valence-corrected chi connectivity index (χ0v) is 21.1. The maximum atomic E-state index is 13.5. The van der Waals surface area contributed by atoms with Crippen molar-refractivity contribution in [1.29, 1.82) is 0 Å². The predicted octanol–water partition coefficient (Wildman–Crippen LogP) is 1.79. The molecule has 2 atom stereocenters. The molecule has 0 saturated carbocycles. The maximum absolute atomic E-state index is 13.5. The highest BCUT2D eigenvalue weighted by molar-refractivity contribution is 8.15. The molecule has 2 aromatic carbocycles. The van der Waals surface area contributed by atoms with Crippen molar-refractivity contribution in [3.8, 4) is 5.88 Å². The van der Waals surface area contributed by atoms with Crippen molar-refractivity contribution in [2.75, 3.05) is 11.9 Å². The lowest BCUT2D eigenvalue weighted by Gasteiger charge is -2.14. The van der Waals surface area contributed by atoms with Crippen LogP contribution in [0, 0.1) is 5.82 Å². The normalized spacial score (nSPS) is 16.5. The highest BCUT2D eigenvalue weighted by atomic mass is 32.2. The Bertz CT molecular complexity index is 1550. The lowest BCUT2D eigenvalue weighted by Crippen LogP contribution is -2.29. The van der Waals surface area contributed by atoms with E-state index in [-0.39, 0.29) is 23.8 Å². The summed E-state index contributed by atoms with van der Waals surface area (Å²) < 4.78 is 18.4. The number of carbonyl (C=O) groups excluding carboxylic acids is 3. The molecule has 1 aliphatic heterocycles. The molecule has 2 heterocycles. The first kappa shape index (κ1) is 27.3. The molecule has 39 heavy (non-hydrogen) atoms. The van der Waals surface area contributed by atoms with Crippen LogP contribution in [-0.4, -0.2) is 49.9 Å². The van der Waals surface area contributed by atoms with Gasteiger partial charge in [-0.15, -0.1) is 0 Å². The average Bonchev–Trinajstić information content (AvgIpc) is 3.22. The lowest BCUT2D eigenvalue weighted by atomic mass is 10.0. The number of esters is 1. The van der Waals surface area contributed by atoms with E-state index in [2.05, 4.69) is 20.6 Å². The van der Waals surface area contributed by atoms with Crippen LogP contribution in [0.2, 0.25) is 0 Å². The van der Waals surface area contributed by atoms with Crippen LogP contribution in [0.1, 0.15) is 40.9 Å². The molecule has 5 N–H and O–H groups in total. The molecule has 0 radical (unpaired) electrons. The first-order valence-corrected chi connectivity index (χ1v) is 12.5. The minimum atomic E-state index is -1.22. The fourth-order valence-corrected chi connectivity index (χ4v) is 4.69. The molecule has 202 valence electrons. The number of thioether (sulfide) groups is 1. The number of anilines is 1. The predicted molar refractivity (Wildman–Crippen MR) is 140 cm³/mol. The molecular formula is C25H22FN5O7S. The van der Waals surface area contributed by atoms with E-state index in [4.69, 9.17) is 4.74 Å². The summed E-state index contributed by atoms with van der Waals surface area (Å²) in [6.45, 7) is 1.92. The fourth-order valence-electron chi connectivity index (χ4n) is 3.69. The van der Waals surface area contributed by atoms with E-state index in [0.717, 1.165) is 23.9 Å². The quantitative estimate of drug-likeness (QED) is 0.261. The largest absolute Gasteiger partial charge is 0.494 e. The molecule has 1 aromatic heterocycles. The van der Waals surface area contributed by atoms with E-state index < -0.39 is 52.0 Å². The Morgan fingerprint density at radius 2 is 1.79 bits per heavy atom. The fraction of sp³-hybridized carbons (Fsp3) is 0.200. The Morgan fingerprint density at radius 3 is 2.44 bits per heavy atom. The number of hydrogen-bond donors (Lipinski definition) is 5. The number of carbonyl (C=O) groups is 3. The summed E-state index contributed by atoms with van der Waals surface area (Å²) in [4.78, 5) is 69.4. The van der Waals surface area contributed by atoms with Gasteiger partial charge in [0.2, 0.25) is 17.7 Å². The zero-order valence-electron chi connectivity index (χ0n) is 20.3. The van der Waals surface area contributed by atoms with Crippen molar-refractivity contribution in [2.45, 2.75) is 24.6 Å². The van der Waals surface area contributed by atoms with Gasteiger partial charge in [-0.05, 0) is 48.9 Å². The third kappa shape index (κ3) is 6.59. The SMILES string of the molecule is CCOC(=O)c1ccc(NC(=O)C[C@@H]2SC(=N[C@H](c3ccc(F)cc3)c3c(O)[nH]c(=O)[nH]c3=O)NC2=O)cc1. The third-order valence-electron chi connectivity index (χ3n) is 5.49. The number of aromatic amines is 2. The molecule has 12 nitrogen and oxygen atoms in total. The summed E-state index contributed by atoms with van der Waals surface area (Å²) in [5, 5.41) is 14.7. The zero-order chi connectivity index (χ0) is 28.1. The van der Waals surface area contributed by atoms with Crippen LogP contribution in [0.25, 0.3) is 0 Å². The van der Waals surface area contributed by atoms with Gasteiger partial charge in [0.1, 0.15) is 22.7 Å². The lowest BCUT2D eigenvalue weighted by molar-refractivity contribution is -0.122. The second-order valence-electron chi connectivity index (χ2n) is 8.20. The highest BCUT2D eigenvalue weighted by Crippen LogP contribution is 2.32. The number of benzene rings is 2. The number of amides is 2. The van der Waals surface area contributed by atoms with Gasteiger partial charge in [-0.25, -0.2) is 19.0 Å². The number of nitrogens with one attached hydrogen (secondary N) is 4. The Hall–Kier alpha value is -4.72. The second-order valence-corrected chi connectivity index (χ2v) is 9.40.